The Morgan fingerprint density at radius 2 is 2.28 bits per heavy atom. The first-order valence-corrected chi connectivity index (χ1v) is 6.97. The van der Waals surface area contributed by atoms with Crippen LogP contribution in [0.3, 0.4) is 0 Å². The van der Waals surface area contributed by atoms with Gasteiger partial charge in [0.2, 0.25) is 5.95 Å². The Balaban J connectivity index is 2.28. The van der Waals surface area contributed by atoms with Crippen molar-refractivity contribution in [1.29, 1.82) is 0 Å². The largest absolute Gasteiger partial charge is 0.354 e. The van der Waals surface area contributed by atoms with Gasteiger partial charge in [0, 0.05) is 30.9 Å². The molecule has 18 heavy (non-hydrogen) atoms. The van der Waals surface area contributed by atoms with Crippen molar-refractivity contribution in [2.75, 3.05) is 23.3 Å². The molecule has 1 atom stereocenters. The fraction of sp³-hybridized carbons (Fsp3) is 0.714. The number of rotatable bonds is 4. The third kappa shape index (κ3) is 2.57. The van der Waals surface area contributed by atoms with E-state index < -0.39 is 0 Å². The molecule has 4 heteroatoms. The van der Waals surface area contributed by atoms with Crippen molar-refractivity contribution >= 4 is 11.8 Å². The maximum absolute atomic E-state index is 4.68. The van der Waals surface area contributed by atoms with Gasteiger partial charge in [-0.25, -0.2) is 4.98 Å². The molecule has 0 radical (unpaired) electrons. The Labute approximate surface area is 110 Å². The predicted octanol–water partition coefficient (Wildman–Crippen LogP) is 2.84. The van der Waals surface area contributed by atoms with Gasteiger partial charge in [0.25, 0.3) is 0 Å². The SMILES string of the molecule is CCNc1ncc(C)c(N2CCCC2C(C)C)n1. The van der Waals surface area contributed by atoms with E-state index in [1.54, 1.807) is 0 Å². The van der Waals surface area contributed by atoms with Crippen molar-refractivity contribution in [2.45, 2.75) is 46.6 Å². The van der Waals surface area contributed by atoms with Crippen molar-refractivity contribution in [1.82, 2.24) is 9.97 Å². The number of nitrogens with one attached hydrogen (secondary N) is 1. The minimum absolute atomic E-state index is 0.619. The highest BCUT2D eigenvalue weighted by Crippen LogP contribution is 2.30. The minimum Gasteiger partial charge on any atom is -0.354 e. The second-order valence-corrected chi connectivity index (χ2v) is 5.38. The molecular weight excluding hydrogens is 224 g/mol. The van der Waals surface area contributed by atoms with Crippen LogP contribution < -0.4 is 10.2 Å². The summed E-state index contributed by atoms with van der Waals surface area (Å²) in [6.45, 7) is 10.7. The van der Waals surface area contributed by atoms with E-state index in [4.69, 9.17) is 0 Å². The quantitative estimate of drug-likeness (QED) is 0.889. The molecule has 0 aliphatic carbocycles. The van der Waals surface area contributed by atoms with Gasteiger partial charge in [-0.15, -0.1) is 0 Å². The van der Waals surface area contributed by atoms with E-state index in [2.05, 4.69) is 47.9 Å². The first kappa shape index (κ1) is 13.1. The molecule has 2 rings (SSSR count). The average molecular weight is 248 g/mol. The Morgan fingerprint density at radius 1 is 1.50 bits per heavy atom. The van der Waals surface area contributed by atoms with Crippen molar-refractivity contribution in [3.8, 4) is 0 Å². The first-order chi connectivity index (χ1) is 8.63. The maximum Gasteiger partial charge on any atom is 0.224 e. The van der Waals surface area contributed by atoms with Gasteiger partial charge in [-0.2, -0.15) is 4.98 Å². The van der Waals surface area contributed by atoms with Crippen LogP contribution in [0.4, 0.5) is 11.8 Å². The lowest BCUT2D eigenvalue weighted by atomic mass is 10.0. The van der Waals surface area contributed by atoms with Crippen LogP contribution in [0.1, 0.15) is 39.2 Å². The van der Waals surface area contributed by atoms with Gasteiger partial charge in [-0.05, 0) is 32.6 Å². The van der Waals surface area contributed by atoms with Gasteiger partial charge in [0.15, 0.2) is 0 Å². The number of aryl methyl sites for hydroxylation is 1. The standard InChI is InChI=1S/C14H24N4/c1-5-15-14-16-9-11(4)13(17-14)18-8-6-7-12(18)10(2)3/h9-10,12H,5-8H2,1-4H3,(H,15,16,17). The maximum atomic E-state index is 4.68. The molecule has 1 aromatic rings. The molecule has 1 unspecified atom stereocenters. The second kappa shape index (κ2) is 5.55. The molecule has 1 fully saturated rings. The summed E-state index contributed by atoms with van der Waals surface area (Å²) in [5, 5.41) is 3.19. The Hall–Kier alpha value is -1.32. The van der Waals surface area contributed by atoms with Gasteiger partial charge in [-0.1, -0.05) is 13.8 Å². The summed E-state index contributed by atoms with van der Waals surface area (Å²) in [6.07, 6.45) is 4.47. The smallest absolute Gasteiger partial charge is 0.224 e. The van der Waals surface area contributed by atoms with Crippen LogP contribution in [0, 0.1) is 12.8 Å². The highest BCUT2D eigenvalue weighted by Gasteiger charge is 2.29. The molecule has 0 amide bonds. The van der Waals surface area contributed by atoms with Crippen LogP contribution in [0.25, 0.3) is 0 Å². The van der Waals surface area contributed by atoms with Gasteiger partial charge in [-0.3, -0.25) is 0 Å². The summed E-state index contributed by atoms with van der Waals surface area (Å²) in [4.78, 5) is 11.5. The lowest BCUT2D eigenvalue weighted by Crippen LogP contribution is -2.34. The molecule has 0 aromatic carbocycles. The Bertz CT molecular complexity index is 403. The first-order valence-electron chi connectivity index (χ1n) is 6.97. The molecule has 2 heterocycles. The number of hydrogen-bond donors (Lipinski definition) is 1. The monoisotopic (exact) mass is 248 g/mol. The van der Waals surface area contributed by atoms with Gasteiger partial charge < -0.3 is 10.2 Å². The summed E-state index contributed by atoms with van der Waals surface area (Å²) >= 11 is 0. The molecule has 0 bridgehead atoms. The highest BCUT2D eigenvalue weighted by atomic mass is 15.3. The predicted molar refractivity (Wildman–Crippen MR) is 76.1 cm³/mol. The molecule has 1 N–H and O–H groups in total. The number of aromatic nitrogens is 2. The number of nitrogens with zero attached hydrogens (tertiary/aromatic N) is 3. The number of anilines is 2. The van der Waals surface area contributed by atoms with Crippen molar-refractivity contribution < 1.29 is 0 Å². The zero-order valence-corrected chi connectivity index (χ0v) is 11.9. The molecular formula is C14H24N4. The van der Waals surface area contributed by atoms with Crippen LogP contribution in [0.5, 0.6) is 0 Å². The lowest BCUT2D eigenvalue weighted by molar-refractivity contribution is 0.489. The molecule has 1 aliphatic rings. The van der Waals surface area contributed by atoms with Crippen LogP contribution >= 0.6 is 0 Å². The molecule has 1 aromatic heterocycles. The lowest BCUT2D eigenvalue weighted by Gasteiger charge is -2.29. The Kier molecular flexibility index (Phi) is 4.04. The van der Waals surface area contributed by atoms with E-state index in [1.165, 1.54) is 18.4 Å². The average Bonchev–Trinajstić information content (AvgIpc) is 2.81. The Morgan fingerprint density at radius 3 is 2.94 bits per heavy atom. The summed E-state index contributed by atoms with van der Waals surface area (Å²) < 4.78 is 0. The second-order valence-electron chi connectivity index (χ2n) is 5.38. The summed E-state index contributed by atoms with van der Waals surface area (Å²) in [5.74, 6) is 2.52. The topological polar surface area (TPSA) is 41.1 Å². The third-order valence-corrected chi connectivity index (χ3v) is 3.62. The van der Waals surface area contributed by atoms with Crippen LogP contribution in [0.2, 0.25) is 0 Å². The van der Waals surface area contributed by atoms with Crippen LogP contribution in [-0.4, -0.2) is 29.1 Å². The van der Waals surface area contributed by atoms with E-state index in [9.17, 15) is 0 Å². The fourth-order valence-electron chi connectivity index (χ4n) is 2.72. The molecule has 4 nitrogen and oxygen atoms in total. The van der Waals surface area contributed by atoms with Crippen LogP contribution in [-0.2, 0) is 0 Å². The summed E-state index contributed by atoms with van der Waals surface area (Å²) in [5.41, 5.74) is 1.17. The fourth-order valence-corrected chi connectivity index (χ4v) is 2.72. The molecule has 0 saturated carbocycles. The molecule has 1 aliphatic heterocycles. The third-order valence-electron chi connectivity index (χ3n) is 3.62. The number of hydrogen-bond acceptors (Lipinski definition) is 4. The van der Waals surface area contributed by atoms with Crippen LogP contribution in [0.15, 0.2) is 6.20 Å². The van der Waals surface area contributed by atoms with Crippen molar-refractivity contribution in [3.05, 3.63) is 11.8 Å². The van der Waals surface area contributed by atoms with Gasteiger partial charge >= 0.3 is 0 Å². The highest BCUT2D eigenvalue weighted by molar-refractivity contribution is 5.50. The molecule has 100 valence electrons. The zero-order valence-electron chi connectivity index (χ0n) is 11.9. The van der Waals surface area contributed by atoms with E-state index in [0.29, 0.717) is 12.0 Å². The van der Waals surface area contributed by atoms with E-state index in [0.717, 1.165) is 24.9 Å². The summed E-state index contributed by atoms with van der Waals surface area (Å²) in [6, 6.07) is 0.619. The van der Waals surface area contributed by atoms with Gasteiger partial charge in [0.1, 0.15) is 5.82 Å². The zero-order chi connectivity index (χ0) is 13.1. The van der Waals surface area contributed by atoms with E-state index >= 15 is 0 Å². The van der Waals surface area contributed by atoms with E-state index in [-0.39, 0.29) is 0 Å². The van der Waals surface area contributed by atoms with Crippen molar-refractivity contribution in [2.24, 2.45) is 5.92 Å². The summed E-state index contributed by atoms with van der Waals surface area (Å²) in [7, 11) is 0. The molecule has 0 spiro atoms. The molecule has 1 saturated heterocycles. The van der Waals surface area contributed by atoms with E-state index in [1.807, 2.05) is 6.20 Å². The minimum atomic E-state index is 0.619. The normalized spacial score (nSPS) is 19.6. The van der Waals surface area contributed by atoms with Crippen molar-refractivity contribution in [3.63, 3.8) is 0 Å². The van der Waals surface area contributed by atoms with Gasteiger partial charge in [0.05, 0.1) is 0 Å².